The van der Waals surface area contributed by atoms with Crippen molar-refractivity contribution in [3.05, 3.63) is 150 Å². The summed E-state index contributed by atoms with van der Waals surface area (Å²) in [6, 6.07) is 40.7. The van der Waals surface area contributed by atoms with Gasteiger partial charge < -0.3 is 9.97 Å². The van der Waals surface area contributed by atoms with Crippen LogP contribution in [0, 0.1) is 24.9 Å². The summed E-state index contributed by atoms with van der Waals surface area (Å²) in [6.07, 6.45) is 3.91. The fraction of sp³-hybridized carbons (Fsp3) is 0.150. The Morgan fingerprint density at radius 1 is 0.761 bits per heavy atom. The van der Waals surface area contributed by atoms with Crippen molar-refractivity contribution in [1.29, 1.82) is 0 Å². The SMILES string of the molecule is CC(c1ccccc1)c1ccnc(-c2[c-]cc3sc4c(F)cccc4c3c2)c1.Cc1cc(-c2[c-]cccc2)ncc1[Si](C)(C)C.[Ir]. The standard InChI is InChI=1S/C25H17FNS.C15H18NSi.Ir/c1-16(17-6-3-2-4-7-17)18-12-13-27-23(15-18)19-10-11-24-21(14-19)20-8-5-9-22(26)25(20)28-24;1-12-10-14(13-8-6-5-7-9-13)16-11-15(12)17(2,3)4;/h2-9,11-16H,1H3;5-8,10-11H,1-4H3;/q2*-1;. The number of aryl methyl sites for hydroxylation is 1. The van der Waals surface area contributed by atoms with Gasteiger partial charge in [-0.25, -0.2) is 4.39 Å². The molecule has 0 saturated carbocycles. The van der Waals surface area contributed by atoms with Gasteiger partial charge in [-0.1, -0.05) is 92.1 Å². The number of halogens is 1. The normalized spacial score (nSPS) is 11.9. The first-order valence-corrected chi connectivity index (χ1v) is 19.5. The van der Waals surface area contributed by atoms with Crippen LogP contribution < -0.4 is 5.19 Å². The van der Waals surface area contributed by atoms with Crippen LogP contribution in [0.15, 0.2) is 116 Å². The van der Waals surface area contributed by atoms with Gasteiger partial charge in [0, 0.05) is 38.4 Å². The summed E-state index contributed by atoms with van der Waals surface area (Å²) >= 11 is 1.47. The Balaban J connectivity index is 0.000000200. The number of hydrogen-bond donors (Lipinski definition) is 0. The zero-order chi connectivity index (χ0) is 31.6. The van der Waals surface area contributed by atoms with Crippen molar-refractivity contribution in [2.75, 3.05) is 0 Å². The Labute approximate surface area is 289 Å². The molecule has 1 radical (unpaired) electrons. The van der Waals surface area contributed by atoms with Crippen LogP contribution in [0.1, 0.15) is 29.5 Å². The number of pyridine rings is 2. The molecule has 46 heavy (non-hydrogen) atoms. The summed E-state index contributed by atoms with van der Waals surface area (Å²) in [5.41, 5.74) is 7.75. The van der Waals surface area contributed by atoms with E-state index in [1.54, 1.807) is 6.07 Å². The topological polar surface area (TPSA) is 25.8 Å². The van der Waals surface area contributed by atoms with Gasteiger partial charge in [0.15, 0.2) is 0 Å². The van der Waals surface area contributed by atoms with Gasteiger partial charge in [-0.2, -0.15) is 11.3 Å². The van der Waals surface area contributed by atoms with E-state index < -0.39 is 8.07 Å². The number of aromatic nitrogens is 2. The molecule has 233 valence electrons. The van der Waals surface area contributed by atoms with Crippen LogP contribution in [0.5, 0.6) is 0 Å². The number of fused-ring (bicyclic) bond motifs is 3. The molecule has 7 aromatic rings. The molecule has 0 saturated heterocycles. The third kappa shape index (κ3) is 7.27. The third-order valence-corrected chi connectivity index (χ3v) is 11.5. The summed E-state index contributed by atoms with van der Waals surface area (Å²) in [5.74, 6) is 0.111. The van der Waals surface area contributed by atoms with Crippen LogP contribution in [0.4, 0.5) is 4.39 Å². The van der Waals surface area contributed by atoms with Gasteiger partial charge in [0.25, 0.3) is 0 Å². The molecule has 0 aliphatic rings. The van der Waals surface area contributed by atoms with E-state index in [-0.39, 0.29) is 31.8 Å². The fourth-order valence-corrected chi connectivity index (χ4v) is 8.47. The molecule has 1 atom stereocenters. The van der Waals surface area contributed by atoms with Crippen LogP contribution in [0.25, 0.3) is 42.7 Å². The van der Waals surface area contributed by atoms with Gasteiger partial charge in [-0.05, 0) is 56.8 Å². The molecular weight excluding hydrogens is 780 g/mol. The monoisotopic (exact) mass is 815 g/mol. The number of rotatable bonds is 5. The quantitative estimate of drug-likeness (QED) is 0.128. The molecule has 0 amide bonds. The molecule has 2 nitrogen and oxygen atoms in total. The van der Waals surface area contributed by atoms with Gasteiger partial charge >= 0.3 is 0 Å². The van der Waals surface area contributed by atoms with Crippen molar-refractivity contribution in [1.82, 2.24) is 9.97 Å². The summed E-state index contributed by atoms with van der Waals surface area (Å²) < 4.78 is 15.9. The fourth-order valence-electron chi connectivity index (χ4n) is 5.69. The molecule has 3 heterocycles. The maximum atomic E-state index is 14.1. The Morgan fingerprint density at radius 2 is 1.52 bits per heavy atom. The minimum atomic E-state index is -1.27. The second-order valence-corrected chi connectivity index (χ2v) is 18.5. The molecular formula is C40H35FIrN2SSi-2. The molecule has 4 aromatic carbocycles. The van der Waals surface area contributed by atoms with E-state index in [2.05, 4.69) is 116 Å². The average molecular weight is 815 g/mol. The van der Waals surface area contributed by atoms with Gasteiger partial charge in [0.2, 0.25) is 0 Å². The first-order valence-electron chi connectivity index (χ1n) is 15.2. The van der Waals surface area contributed by atoms with Gasteiger partial charge in [0.1, 0.15) is 5.82 Å². The van der Waals surface area contributed by atoms with Crippen molar-refractivity contribution in [2.45, 2.75) is 39.4 Å². The molecule has 6 heteroatoms. The number of thiophene rings is 1. The first kappa shape index (κ1) is 33.6. The molecule has 0 aliphatic carbocycles. The number of hydrogen-bond acceptors (Lipinski definition) is 3. The maximum absolute atomic E-state index is 14.1. The molecule has 0 aliphatic heterocycles. The van der Waals surface area contributed by atoms with Gasteiger partial charge in [0.05, 0.1) is 12.8 Å². The third-order valence-electron chi connectivity index (χ3n) is 8.15. The van der Waals surface area contributed by atoms with Crippen LogP contribution in [-0.4, -0.2) is 18.0 Å². The zero-order valence-corrected chi connectivity index (χ0v) is 30.8. The van der Waals surface area contributed by atoms with E-state index in [1.807, 2.05) is 42.6 Å². The van der Waals surface area contributed by atoms with Crippen molar-refractivity contribution in [3.8, 4) is 22.5 Å². The van der Waals surface area contributed by atoms with Gasteiger partial charge in [-0.3, -0.25) is 0 Å². The van der Waals surface area contributed by atoms with Crippen molar-refractivity contribution in [3.63, 3.8) is 0 Å². The number of benzene rings is 4. The van der Waals surface area contributed by atoms with Crippen LogP contribution in [-0.2, 0) is 20.1 Å². The van der Waals surface area contributed by atoms with Crippen LogP contribution >= 0.6 is 11.3 Å². The Hall–Kier alpha value is -3.80. The Bertz CT molecular complexity index is 2090. The van der Waals surface area contributed by atoms with E-state index in [4.69, 9.17) is 0 Å². The summed E-state index contributed by atoms with van der Waals surface area (Å²) in [4.78, 5) is 9.15. The largest absolute Gasteiger partial charge is 0.305 e. The molecule has 0 spiro atoms. The summed E-state index contributed by atoms with van der Waals surface area (Å²) in [6.45, 7) is 11.4. The van der Waals surface area contributed by atoms with E-state index in [0.717, 1.165) is 38.0 Å². The first-order chi connectivity index (χ1) is 21.7. The van der Waals surface area contributed by atoms with Crippen molar-refractivity contribution in [2.24, 2.45) is 0 Å². The minimum absolute atomic E-state index is 0. The van der Waals surface area contributed by atoms with Crippen LogP contribution in [0.3, 0.4) is 0 Å². The molecule has 3 aromatic heterocycles. The Kier molecular flexibility index (Phi) is 10.4. The predicted molar refractivity (Wildman–Crippen MR) is 192 cm³/mol. The number of nitrogens with zero attached hydrogens (tertiary/aromatic N) is 2. The minimum Gasteiger partial charge on any atom is -0.305 e. The Morgan fingerprint density at radius 3 is 2.24 bits per heavy atom. The summed E-state index contributed by atoms with van der Waals surface area (Å²) in [5, 5.41) is 3.44. The maximum Gasteiger partial charge on any atom is 0.140 e. The molecule has 1 unspecified atom stereocenters. The van der Waals surface area contributed by atoms with E-state index in [9.17, 15) is 4.39 Å². The molecule has 0 fully saturated rings. The smallest absolute Gasteiger partial charge is 0.140 e. The molecule has 0 N–H and O–H groups in total. The van der Waals surface area contributed by atoms with E-state index >= 15 is 0 Å². The van der Waals surface area contributed by atoms with E-state index in [0.29, 0.717) is 4.70 Å². The van der Waals surface area contributed by atoms with Crippen LogP contribution in [0.2, 0.25) is 19.6 Å². The second-order valence-electron chi connectivity index (χ2n) is 12.4. The van der Waals surface area contributed by atoms with Crippen molar-refractivity contribution >= 4 is 44.8 Å². The van der Waals surface area contributed by atoms with E-state index in [1.165, 1.54) is 39.3 Å². The zero-order valence-electron chi connectivity index (χ0n) is 26.6. The van der Waals surface area contributed by atoms with Crippen molar-refractivity contribution < 1.29 is 24.5 Å². The molecule has 0 bridgehead atoms. The molecule has 7 rings (SSSR count). The predicted octanol–water partition coefficient (Wildman–Crippen LogP) is 10.6. The second kappa shape index (κ2) is 14.3. The average Bonchev–Trinajstić information content (AvgIpc) is 3.44. The summed E-state index contributed by atoms with van der Waals surface area (Å²) in [7, 11) is -1.27. The van der Waals surface area contributed by atoms with Gasteiger partial charge in [-0.15, -0.1) is 59.7 Å².